The van der Waals surface area contributed by atoms with Gasteiger partial charge in [-0.1, -0.05) is 6.07 Å². The average molecular weight is 381 g/mol. The fourth-order valence-corrected chi connectivity index (χ4v) is 2.39. The van der Waals surface area contributed by atoms with Gasteiger partial charge in [0.15, 0.2) is 13.2 Å². The van der Waals surface area contributed by atoms with Gasteiger partial charge in [0.2, 0.25) is 0 Å². The van der Waals surface area contributed by atoms with Crippen LogP contribution in [0.3, 0.4) is 0 Å². The summed E-state index contributed by atoms with van der Waals surface area (Å²) in [6, 6.07) is 12.2. The number of nitriles is 1. The second-order valence-electron chi connectivity index (χ2n) is 6.04. The van der Waals surface area contributed by atoms with Gasteiger partial charge in [-0.25, -0.2) is 5.48 Å². The quantitative estimate of drug-likeness (QED) is 0.635. The first kappa shape index (κ1) is 19.1. The highest BCUT2D eigenvalue weighted by Crippen LogP contribution is 2.28. The normalized spacial score (nSPS) is 12.5. The van der Waals surface area contributed by atoms with Crippen molar-refractivity contribution in [3.05, 3.63) is 54.4 Å². The summed E-state index contributed by atoms with van der Waals surface area (Å²) < 4.78 is 5.27. The van der Waals surface area contributed by atoms with E-state index in [0.29, 0.717) is 17.0 Å². The summed E-state index contributed by atoms with van der Waals surface area (Å²) in [5, 5.41) is 10.1. The Kier molecular flexibility index (Phi) is 6.38. The molecule has 144 valence electrons. The molecule has 1 heterocycles. The van der Waals surface area contributed by atoms with Gasteiger partial charge in [0.25, 0.3) is 11.8 Å². The second-order valence-corrected chi connectivity index (χ2v) is 6.04. The summed E-state index contributed by atoms with van der Waals surface area (Å²) in [5.74, 6) is -0.277. The molecule has 2 N–H and O–H groups in total. The van der Waals surface area contributed by atoms with E-state index in [0.717, 1.165) is 12.8 Å². The van der Waals surface area contributed by atoms with Crippen molar-refractivity contribution >= 4 is 17.5 Å². The van der Waals surface area contributed by atoms with Crippen LogP contribution in [0.1, 0.15) is 23.2 Å². The smallest absolute Gasteiger partial charge is 0.276 e. The molecule has 9 nitrogen and oxygen atoms in total. The van der Waals surface area contributed by atoms with Crippen molar-refractivity contribution in [3.8, 4) is 11.8 Å². The molecule has 0 bridgehead atoms. The first-order valence-corrected chi connectivity index (χ1v) is 8.68. The van der Waals surface area contributed by atoms with Gasteiger partial charge in [-0.15, -0.1) is 0 Å². The molecule has 0 saturated heterocycles. The third kappa shape index (κ3) is 5.43. The Bertz CT molecular complexity index is 864. The summed E-state index contributed by atoms with van der Waals surface area (Å²) in [7, 11) is 0. The molecule has 0 aliphatic heterocycles. The standard InChI is InChI=1S/C19H19N5O4/c20-8-10-27-17-5-1-4-15(11-17)22-24(16-6-7-16)18(25)13-28-23-19(26)14-3-2-9-21-12-14/h1-5,9,11-12,16,22H,6-7,10,13H2,(H,23,26). The molecule has 28 heavy (non-hydrogen) atoms. The third-order valence-corrected chi connectivity index (χ3v) is 3.85. The number of anilines is 1. The maximum atomic E-state index is 12.5. The fourth-order valence-electron chi connectivity index (χ4n) is 2.39. The predicted octanol–water partition coefficient (Wildman–Crippen LogP) is 1.66. The van der Waals surface area contributed by atoms with Crippen molar-refractivity contribution in [1.29, 1.82) is 5.26 Å². The molecule has 2 aromatic rings. The van der Waals surface area contributed by atoms with E-state index in [-0.39, 0.29) is 25.2 Å². The number of hydroxylamine groups is 1. The summed E-state index contributed by atoms with van der Waals surface area (Å²) >= 11 is 0. The largest absolute Gasteiger partial charge is 0.479 e. The molecule has 0 radical (unpaired) electrons. The van der Waals surface area contributed by atoms with Gasteiger partial charge in [0, 0.05) is 18.5 Å². The van der Waals surface area contributed by atoms with Crippen molar-refractivity contribution in [2.24, 2.45) is 0 Å². The minimum absolute atomic E-state index is 0.0564. The van der Waals surface area contributed by atoms with Crippen LogP contribution in [-0.4, -0.2) is 41.1 Å². The van der Waals surface area contributed by atoms with Crippen LogP contribution >= 0.6 is 0 Å². The summed E-state index contributed by atoms with van der Waals surface area (Å²) in [6.45, 7) is -0.376. The topological polar surface area (TPSA) is 117 Å². The number of carbonyl (C=O) groups is 2. The van der Waals surface area contributed by atoms with Crippen molar-refractivity contribution in [2.75, 3.05) is 18.6 Å². The van der Waals surface area contributed by atoms with Crippen LogP contribution in [0.15, 0.2) is 48.8 Å². The zero-order chi connectivity index (χ0) is 19.8. The molecule has 1 aliphatic carbocycles. The molecular weight excluding hydrogens is 362 g/mol. The highest BCUT2D eigenvalue weighted by molar-refractivity contribution is 5.93. The maximum absolute atomic E-state index is 12.5. The van der Waals surface area contributed by atoms with E-state index >= 15 is 0 Å². The minimum Gasteiger partial charge on any atom is -0.479 e. The van der Waals surface area contributed by atoms with Gasteiger partial charge in [0.05, 0.1) is 17.3 Å². The van der Waals surface area contributed by atoms with Crippen molar-refractivity contribution in [2.45, 2.75) is 18.9 Å². The Morgan fingerprint density at radius 1 is 1.29 bits per heavy atom. The van der Waals surface area contributed by atoms with Crippen molar-refractivity contribution < 1.29 is 19.2 Å². The van der Waals surface area contributed by atoms with Crippen LogP contribution in [0, 0.1) is 11.3 Å². The van der Waals surface area contributed by atoms with E-state index in [1.54, 1.807) is 42.6 Å². The summed E-state index contributed by atoms with van der Waals surface area (Å²) in [5.41, 5.74) is 6.26. The van der Waals surface area contributed by atoms with Crippen molar-refractivity contribution in [1.82, 2.24) is 15.5 Å². The number of amides is 2. The molecule has 0 spiro atoms. The van der Waals surface area contributed by atoms with Crippen molar-refractivity contribution in [3.63, 3.8) is 0 Å². The molecule has 1 saturated carbocycles. The fraction of sp³-hybridized carbons (Fsp3) is 0.263. The Balaban J connectivity index is 1.53. The Morgan fingerprint density at radius 3 is 2.86 bits per heavy atom. The number of hydrogen-bond acceptors (Lipinski definition) is 7. The summed E-state index contributed by atoms with van der Waals surface area (Å²) in [6.07, 6.45) is 4.72. The molecule has 2 amide bonds. The number of hydrazine groups is 1. The zero-order valence-corrected chi connectivity index (χ0v) is 15.0. The highest BCUT2D eigenvalue weighted by atomic mass is 16.7. The first-order valence-electron chi connectivity index (χ1n) is 8.68. The molecule has 1 fully saturated rings. The molecule has 1 aliphatic rings. The van der Waals surface area contributed by atoms with E-state index in [9.17, 15) is 9.59 Å². The highest BCUT2D eigenvalue weighted by Gasteiger charge is 2.33. The van der Waals surface area contributed by atoms with Crippen LogP contribution in [0.2, 0.25) is 0 Å². The number of carbonyl (C=O) groups excluding carboxylic acids is 2. The molecule has 9 heteroatoms. The van der Waals surface area contributed by atoms with Crippen LogP contribution < -0.4 is 15.6 Å². The lowest BCUT2D eigenvalue weighted by molar-refractivity contribution is -0.137. The number of nitrogens with zero attached hydrogens (tertiary/aromatic N) is 3. The van der Waals surface area contributed by atoms with Crippen LogP contribution in [0.25, 0.3) is 0 Å². The molecule has 1 aromatic carbocycles. The Morgan fingerprint density at radius 2 is 2.14 bits per heavy atom. The number of aromatic nitrogens is 1. The van der Waals surface area contributed by atoms with Gasteiger partial charge in [-0.05, 0) is 37.1 Å². The van der Waals surface area contributed by atoms with E-state index in [2.05, 4.69) is 15.9 Å². The number of pyridine rings is 1. The lowest BCUT2D eigenvalue weighted by atomic mass is 10.3. The number of benzene rings is 1. The van der Waals surface area contributed by atoms with E-state index in [4.69, 9.17) is 14.8 Å². The monoisotopic (exact) mass is 381 g/mol. The van der Waals surface area contributed by atoms with Crippen LogP contribution in [0.4, 0.5) is 5.69 Å². The lowest BCUT2D eigenvalue weighted by Crippen LogP contribution is -2.42. The molecule has 0 unspecified atom stereocenters. The number of ether oxygens (including phenoxy) is 1. The second kappa shape index (κ2) is 9.34. The first-order chi connectivity index (χ1) is 13.7. The molecule has 3 rings (SSSR count). The molecular formula is C19H19N5O4. The van der Waals surface area contributed by atoms with E-state index in [1.165, 1.54) is 11.2 Å². The SMILES string of the molecule is N#CCOc1cccc(NN(C(=O)CONC(=O)c2cccnc2)C2CC2)c1. The van der Waals surface area contributed by atoms with Crippen LogP contribution in [-0.2, 0) is 9.63 Å². The van der Waals surface area contributed by atoms with Gasteiger partial charge < -0.3 is 4.74 Å². The predicted molar refractivity (Wildman–Crippen MR) is 98.7 cm³/mol. The van der Waals surface area contributed by atoms with E-state index in [1.807, 2.05) is 6.07 Å². The number of rotatable bonds is 9. The van der Waals surface area contributed by atoms with Gasteiger partial charge in [-0.3, -0.25) is 29.8 Å². The number of nitrogens with one attached hydrogen (secondary N) is 2. The van der Waals surface area contributed by atoms with Gasteiger partial charge >= 0.3 is 0 Å². The average Bonchev–Trinajstić information content (AvgIpc) is 3.56. The van der Waals surface area contributed by atoms with E-state index < -0.39 is 5.91 Å². The minimum atomic E-state index is -0.478. The zero-order valence-electron chi connectivity index (χ0n) is 15.0. The Hall–Kier alpha value is -3.64. The molecule has 1 aromatic heterocycles. The van der Waals surface area contributed by atoms with Gasteiger partial charge in [-0.2, -0.15) is 5.26 Å². The van der Waals surface area contributed by atoms with Crippen LogP contribution in [0.5, 0.6) is 5.75 Å². The lowest BCUT2D eigenvalue weighted by Gasteiger charge is -2.24. The Labute approximate surface area is 161 Å². The van der Waals surface area contributed by atoms with Gasteiger partial charge in [0.1, 0.15) is 11.8 Å². The maximum Gasteiger partial charge on any atom is 0.276 e. The summed E-state index contributed by atoms with van der Waals surface area (Å²) in [4.78, 5) is 33.3. The number of hydrogen-bond donors (Lipinski definition) is 2. The third-order valence-electron chi connectivity index (χ3n) is 3.85. The molecule has 0 atom stereocenters.